The van der Waals surface area contributed by atoms with Crippen molar-refractivity contribution in [2.75, 3.05) is 7.11 Å². The van der Waals surface area contributed by atoms with Crippen LogP contribution in [0.25, 0.3) is 0 Å². The third kappa shape index (κ3) is 2.01. The number of benzene rings is 1. The van der Waals surface area contributed by atoms with Crippen LogP contribution in [-0.4, -0.2) is 13.1 Å². The fourth-order valence-electron chi connectivity index (χ4n) is 0.974. The van der Waals surface area contributed by atoms with E-state index in [0.29, 0.717) is 0 Å². The van der Waals surface area contributed by atoms with Crippen molar-refractivity contribution in [3.8, 4) is 0 Å². The molecule has 5 heteroatoms. The molecule has 76 valence electrons. The van der Waals surface area contributed by atoms with Crippen molar-refractivity contribution in [1.82, 2.24) is 0 Å². The Morgan fingerprint density at radius 3 is 2.36 bits per heavy atom. The number of methoxy groups -OCH3 is 1. The Morgan fingerprint density at radius 2 is 1.93 bits per heavy atom. The molecule has 0 fully saturated rings. The van der Waals surface area contributed by atoms with E-state index >= 15 is 0 Å². The average molecular weight is 221 g/mol. The van der Waals surface area contributed by atoms with Crippen molar-refractivity contribution in [2.45, 2.75) is 5.38 Å². The lowest BCUT2D eigenvalue weighted by Crippen LogP contribution is -2.12. The van der Waals surface area contributed by atoms with E-state index in [9.17, 15) is 13.6 Å². The van der Waals surface area contributed by atoms with Gasteiger partial charge in [-0.3, -0.25) is 4.79 Å². The van der Waals surface area contributed by atoms with E-state index in [0.717, 1.165) is 19.2 Å². The number of hydrogen-bond acceptors (Lipinski definition) is 2. The molecule has 0 aliphatic carbocycles. The van der Waals surface area contributed by atoms with Gasteiger partial charge in [-0.05, 0) is 12.1 Å². The van der Waals surface area contributed by atoms with Crippen molar-refractivity contribution in [2.24, 2.45) is 0 Å². The zero-order valence-electron chi connectivity index (χ0n) is 7.26. The highest BCUT2D eigenvalue weighted by molar-refractivity contribution is 6.29. The average Bonchev–Trinajstić information content (AvgIpc) is 2.16. The van der Waals surface area contributed by atoms with Crippen LogP contribution in [0.3, 0.4) is 0 Å². The van der Waals surface area contributed by atoms with Gasteiger partial charge in [-0.2, -0.15) is 0 Å². The highest BCUT2D eigenvalue weighted by Crippen LogP contribution is 2.26. The second-order valence-corrected chi connectivity index (χ2v) is 2.96. The third-order valence-electron chi connectivity index (χ3n) is 1.66. The number of alkyl halides is 1. The van der Waals surface area contributed by atoms with E-state index in [1.807, 2.05) is 0 Å². The summed E-state index contributed by atoms with van der Waals surface area (Å²) in [5.74, 6) is -2.62. The number of ether oxygens (including phenoxy) is 1. The summed E-state index contributed by atoms with van der Waals surface area (Å²) in [5, 5.41) is -1.46. The molecule has 1 rings (SSSR count). The molecule has 1 aromatic rings. The normalized spacial score (nSPS) is 12.3. The van der Waals surface area contributed by atoms with Gasteiger partial charge in [-0.1, -0.05) is 6.07 Å². The van der Waals surface area contributed by atoms with Crippen LogP contribution in [0.4, 0.5) is 8.78 Å². The minimum Gasteiger partial charge on any atom is -0.468 e. The van der Waals surface area contributed by atoms with Crippen molar-refractivity contribution in [3.63, 3.8) is 0 Å². The fraction of sp³-hybridized carbons (Fsp3) is 0.222. The summed E-state index contributed by atoms with van der Waals surface area (Å²) in [6.45, 7) is 0. The quantitative estimate of drug-likeness (QED) is 0.565. The Balaban J connectivity index is 3.11. The zero-order valence-corrected chi connectivity index (χ0v) is 8.02. The Labute approximate surface area is 84.4 Å². The van der Waals surface area contributed by atoms with Crippen LogP contribution >= 0.6 is 11.6 Å². The first-order valence-electron chi connectivity index (χ1n) is 3.73. The van der Waals surface area contributed by atoms with E-state index in [4.69, 9.17) is 11.6 Å². The van der Waals surface area contributed by atoms with Gasteiger partial charge in [-0.25, -0.2) is 8.78 Å². The molecule has 2 nitrogen and oxygen atoms in total. The summed E-state index contributed by atoms with van der Waals surface area (Å²) in [6, 6.07) is 3.24. The molecule has 1 atom stereocenters. The molecule has 0 N–H and O–H groups in total. The largest absolute Gasteiger partial charge is 0.468 e. The molecular formula is C9H7ClF2O2. The van der Waals surface area contributed by atoms with E-state index in [2.05, 4.69) is 4.74 Å². The monoisotopic (exact) mass is 220 g/mol. The maximum absolute atomic E-state index is 13.1. The van der Waals surface area contributed by atoms with Crippen LogP contribution in [0.1, 0.15) is 10.9 Å². The summed E-state index contributed by atoms with van der Waals surface area (Å²) in [7, 11) is 1.09. The Morgan fingerprint density at radius 1 is 1.43 bits per heavy atom. The van der Waals surface area contributed by atoms with Gasteiger partial charge in [0.25, 0.3) is 0 Å². The molecule has 0 saturated heterocycles. The molecule has 0 spiro atoms. The van der Waals surface area contributed by atoms with Crippen LogP contribution < -0.4 is 0 Å². The molecule has 0 amide bonds. The highest BCUT2D eigenvalue weighted by atomic mass is 35.5. The van der Waals surface area contributed by atoms with Crippen molar-refractivity contribution < 1.29 is 18.3 Å². The van der Waals surface area contributed by atoms with E-state index in [-0.39, 0.29) is 0 Å². The second-order valence-electron chi connectivity index (χ2n) is 2.52. The number of carbonyl (C=O) groups is 1. The molecule has 0 aliphatic heterocycles. The maximum Gasteiger partial charge on any atom is 0.328 e. The van der Waals surface area contributed by atoms with Gasteiger partial charge in [-0.15, -0.1) is 11.6 Å². The van der Waals surface area contributed by atoms with Crippen LogP contribution in [0, 0.1) is 11.6 Å². The van der Waals surface area contributed by atoms with E-state index in [1.165, 1.54) is 6.07 Å². The number of carbonyl (C=O) groups excluding carboxylic acids is 1. The Kier molecular flexibility index (Phi) is 3.41. The molecule has 0 radical (unpaired) electrons. The van der Waals surface area contributed by atoms with Gasteiger partial charge in [0.1, 0.15) is 11.6 Å². The summed E-state index contributed by atoms with van der Waals surface area (Å²) in [6.07, 6.45) is 0. The lowest BCUT2D eigenvalue weighted by molar-refractivity contribution is -0.140. The first-order valence-corrected chi connectivity index (χ1v) is 4.17. The number of rotatable bonds is 2. The fourth-order valence-corrected chi connectivity index (χ4v) is 1.27. The maximum atomic E-state index is 13.1. The lowest BCUT2D eigenvalue weighted by atomic mass is 10.1. The van der Waals surface area contributed by atoms with Crippen molar-refractivity contribution in [1.29, 1.82) is 0 Å². The summed E-state index contributed by atoms with van der Waals surface area (Å²) in [5.41, 5.74) is -0.485. The standard InChI is InChI=1S/C9H7ClF2O2/c1-14-9(13)8(10)7-5(11)3-2-4-6(7)12/h2-4,8H,1H3. The van der Waals surface area contributed by atoms with Gasteiger partial charge in [0.2, 0.25) is 0 Å². The van der Waals surface area contributed by atoms with Gasteiger partial charge in [0.15, 0.2) is 5.38 Å². The molecule has 0 aromatic heterocycles. The molecule has 14 heavy (non-hydrogen) atoms. The van der Waals surface area contributed by atoms with Crippen LogP contribution in [0.15, 0.2) is 18.2 Å². The number of hydrogen-bond donors (Lipinski definition) is 0. The first-order chi connectivity index (χ1) is 6.57. The van der Waals surface area contributed by atoms with Gasteiger partial charge >= 0.3 is 5.97 Å². The SMILES string of the molecule is COC(=O)C(Cl)c1c(F)cccc1F. The molecule has 0 saturated carbocycles. The van der Waals surface area contributed by atoms with Gasteiger partial charge < -0.3 is 4.74 Å². The second kappa shape index (κ2) is 4.37. The van der Waals surface area contributed by atoms with Crippen molar-refractivity contribution in [3.05, 3.63) is 35.4 Å². The smallest absolute Gasteiger partial charge is 0.328 e. The zero-order chi connectivity index (χ0) is 10.7. The van der Waals surface area contributed by atoms with Crippen LogP contribution in [0.5, 0.6) is 0 Å². The number of esters is 1. The molecule has 1 unspecified atom stereocenters. The van der Waals surface area contributed by atoms with E-state index in [1.54, 1.807) is 0 Å². The molecule has 0 aliphatic rings. The van der Waals surface area contributed by atoms with Crippen LogP contribution in [-0.2, 0) is 9.53 Å². The Hall–Kier alpha value is -1.16. The third-order valence-corrected chi connectivity index (χ3v) is 2.06. The minimum absolute atomic E-state index is 0.485. The molecule has 0 bridgehead atoms. The Bertz CT molecular complexity index is 334. The van der Waals surface area contributed by atoms with Crippen molar-refractivity contribution >= 4 is 17.6 Å². The van der Waals surface area contributed by atoms with Crippen LogP contribution in [0.2, 0.25) is 0 Å². The lowest BCUT2D eigenvalue weighted by Gasteiger charge is -2.09. The summed E-state index contributed by atoms with van der Waals surface area (Å²) >= 11 is 5.51. The predicted octanol–water partition coefficient (Wildman–Crippen LogP) is 2.42. The predicted molar refractivity (Wildman–Crippen MR) is 47.0 cm³/mol. The summed E-state index contributed by atoms with van der Waals surface area (Å²) in [4.78, 5) is 10.9. The van der Waals surface area contributed by atoms with Gasteiger partial charge in [0, 0.05) is 0 Å². The minimum atomic E-state index is -1.46. The highest BCUT2D eigenvalue weighted by Gasteiger charge is 2.25. The van der Waals surface area contributed by atoms with Gasteiger partial charge in [0.05, 0.1) is 12.7 Å². The topological polar surface area (TPSA) is 26.3 Å². The van der Waals surface area contributed by atoms with E-state index < -0.39 is 28.5 Å². The molecule has 1 aromatic carbocycles. The summed E-state index contributed by atoms with van der Waals surface area (Å²) < 4.78 is 30.4. The first kappa shape index (κ1) is 10.9. The number of halogens is 3. The molecular weight excluding hydrogens is 214 g/mol. The molecule has 0 heterocycles.